The second-order valence-electron chi connectivity index (χ2n) is 5.84. The Kier molecular flexibility index (Phi) is 7.70. The van der Waals surface area contributed by atoms with E-state index in [1.54, 1.807) is 13.8 Å². The molecule has 0 atom stereocenters. The first-order valence-corrected chi connectivity index (χ1v) is 8.99. The third-order valence-corrected chi connectivity index (χ3v) is 4.47. The van der Waals surface area contributed by atoms with Crippen LogP contribution in [-0.4, -0.2) is 36.3 Å². The summed E-state index contributed by atoms with van der Waals surface area (Å²) in [4.78, 5) is 37.2. The van der Waals surface area contributed by atoms with Gasteiger partial charge >= 0.3 is 0 Å². The molecule has 2 rings (SSSR count). The zero-order valence-corrected chi connectivity index (χ0v) is 17.0. The summed E-state index contributed by atoms with van der Waals surface area (Å²) in [5.41, 5.74) is 1.64. The standard InChI is InChI=1S/C18H20Cl2N2O6/c1-9-6-10(2)22-18(25)12(9)8-21-17(24)11-7-13(19)15(26-3)16(14(11)20)28-27-5-4-23/h6-7,23H,4-5,8H2,1-3H3,(H,21,24)(H,22,25). The van der Waals surface area contributed by atoms with Crippen molar-refractivity contribution in [3.8, 4) is 11.5 Å². The average molecular weight is 431 g/mol. The minimum absolute atomic E-state index is 0.00252. The van der Waals surface area contributed by atoms with Crippen molar-refractivity contribution in [3.63, 3.8) is 0 Å². The van der Waals surface area contributed by atoms with Gasteiger partial charge in [0.05, 0.1) is 24.3 Å². The minimum Gasteiger partial charge on any atom is -0.491 e. The summed E-state index contributed by atoms with van der Waals surface area (Å²) in [6, 6.07) is 3.13. The lowest BCUT2D eigenvalue weighted by molar-refractivity contribution is -0.212. The number of aromatic amines is 1. The number of methoxy groups -OCH3 is 1. The fourth-order valence-corrected chi connectivity index (χ4v) is 3.05. The molecule has 0 unspecified atom stereocenters. The van der Waals surface area contributed by atoms with Gasteiger partial charge in [0.25, 0.3) is 11.5 Å². The molecule has 0 saturated heterocycles. The molecule has 10 heteroatoms. The van der Waals surface area contributed by atoms with Gasteiger partial charge in [0.2, 0.25) is 5.75 Å². The van der Waals surface area contributed by atoms with Crippen molar-refractivity contribution in [1.29, 1.82) is 0 Å². The summed E-state index contributed by atoms with van der Waals surface area (Å²) >= 11 is 12.4. The molecule has 0 spiro atoms. The lowest BCUT2D eigenvalue weighted by atomic mass is 10.1. The molecule has 3 N–H and O–H groups in total. The normalized spacial score (nSPS) is 10.6. The van der Waals surface area contributed by atoms with Crippen molar-refractivity contribution in [2.45, 2.75) is 20.4 Å². The average Bonchev–Trinajstić information content (AvgIpc) is 2.63. The van der Waals surface area contributed by atoms with Gasteiger partial charge in [-0.2, -0.15) is 4.89 Å². The molecule has 0 fully saturated rings. The smallest absolute Gasteiger partial charge is 0.253 e. The maximum atomic E-state index is 12.6. The summed E-state index contributed by atoms with van der Waals surface area (Å²) in [7, 11) is 1.35. The van der Waals surface area contributed by atoms with Crippen molar-refractivity contribution in [1.82, 2.24) is 10.3 Å². The largest absolute Gasteiger partial charge is 0.491 e. The van der Waals surface area contributed by atoms with Crippen LogP contribution in [0, 0.1) is 13.8 Å². The predicted octanol–water partition coefficient (Wildman–Crippen LogP) is 2.54. The van der Waals surface area contributed by atoms with Gasteiger partial charge in [-0.25, -0.2) is 0 Å². The third-order valence-electron chi connectivity index (χ3n) is 3.82. The Labute approximate surface area is 171 Å². The maximum Gasteiger partial charge on any atom is 0.253 e. The molecular weight excluding hydrogens is 411 g/mol. The fourth-order valence-electron chi connectivity index (χ4n) is 2.52. The zero-order chi connectivity index (χ0) is 20.8. The molecule has 152 valence electrons. The van der Waals surface area contributed by atoms with Gasteiger partial charge in [-0.15, -0.1) is 0 Å². The van der Waals surface area contributed by atoms with Crippen molar-refractivity contribution < 1.29 is 24.4 Å². The van der Waals surface area contributed by atoms with Gasteiger partial charge in [-0.3, -0.25) is 9.59 Å². The fraction of sp³-hybridized carbons (Fsp3) is 0.333. The summed E-state index contributed by atoms with van der Waals surface area (Å²) in [5, 5.41) is 11.4. The quantitative estimate of drug-likeness (QED) is 0.337. The highest BCUT2D eigenvalue weighted by atomic mass is 35.5. The van der Waals surface area contributed by atoms with Crippen LogP contribution in [0.3, 0.4) is 0 Å². The Hall–Kier alpha value is -2.26. The van der Waals surface area contributed by atoms with E-state index >= 15 is 0 Å². The molecule has 8 nitrogen and oxygen atoms in total. The van der Waals surface area contributed by atoms with Crippen molar-refractivity contribution in [3.05, 3.63) is 54.9 Å². The van der Waals surface area contributed by atoms with Crippen molar-refractivity contribution in [2.75, 3.05) is 20.3 Å². The molecule has 0 saturated carbocycles. The van der Waals surface area contributed by atoms with Crippen LogP contribution >= 0.6 is 23.2 Å². The number of aryl methyl sites for hydroxylation is 2. The molecule has 0 aliphatic rings. The lowest BCUT2D eigenvalue weighted by Gasteiger charge is -2.15. The van der Waals surface area contributed by atoms with Crippen LogP contribution in [0.15, 0.2) is 16.9 Å². The SMILES string of the molecule is COc1c(Cl)cc(C(=O)NCc2c(C)cc(C)[nH]c2=O)c(Cl)c1OOCCO. The molecule has 0 aliphatic carbocycles. The number of halogens is 2. The van der Waals surface area contributed by atoms with E-state index in [-0.39, 0.29) is 52.4 Å². The van der Waals surface area contributed by atoms with Crippen LogP contribution in [-0.2, 0) is 11.4 Å². The molecule has 1 aromatic carbocycles. The van der Waals surface area contributed by atoms with Gasteiger partial charge in [-0.1, -0.05) is 23.2 Å². The number of carbonyl (C=O) groups is 1. The Morgan fingerprint density at radius 3 is 2.57 bits per heavy atom. The van der Waals surface area contributed by atoms with Crippen LogP contribution < -0.4 is 20.5 Å². The van der Waals surface area contributed by atoms with E-state index in [9.17, 15) is 9.59 Å². The number of aliphatic hydroxyl groups excluding tert-OH is 1. The van der Waals surface area contributed by atoms with E-state index in [2.05, 4.69) is 10.3 Å². The number of carbonyl (C=O) groups excluding carboxylic acids is 1. The molecule has 0 aliphatic heterocycles. The summed E-state index contributed by atoms with van der Waals surface area (Å²) in [5.74, 6) is -0.590. The summed E-state index contributed by atoms with van der Waals surface area (Å²) < 4.78 is 5.13. The van der Waals surface area contributed by atoms with Gasteiger partial charge in [0.1, 0.15) is 11.6 Å². The van der Waals surface area contributed by atoms with E-state index in [0.29, 0.717) is 5.56 Å². The van der Waals surface area contributed by atoms with Gasteiger partial charge in [0, 0.05) is 17.8 Å². The molecule has 2 aromatic rings. The number of H-pyrrole nitrogens is 1. The topological polar surface area (TPSA) is 110 Å². The number of aliphatic hydroxyl groups is 1. The van der Waals surface area contributed by atoms with Crippen molar-refractivity contribution in [2.24, 2.45) is 0 Å². The Bertz CT molecular complexity index is 929. The van der Waals surface area contributed by atoms with Crippen LogP contribution in [0.4, 0.5) is 0 Å². The number of benzene rings is 1. The number of aromatic nitrogens is 1. The first-order chi connectivity index (χ1) is 13.3. The van der Waals surface area contributed by atoms with E-state index in [1.165, 1.54) is 13.2 Å². The Balaban J connectivity index is 2.29. The number of hydrogen-bond donors (Lipinski definition) is 3. The van der Waals surface area contributed by atoms with Crippen LogP contribution in [0.1, 0.15) is 27.2 Å². The molecule has 1 amide bonds. The molecule has 1 aromatic heterocycles. The first kappa shape index (κ1) is 22.0. The number of ether oxygens (including phenoxy) is 1. The van der Waals surface area contributed by atoms with E-state index in [0.717, 1.165) is 11.3 Å². The van der Waals surface area contributed by atoms with Gasteiger partial charge in [0.15, 0.2) is 5.75 Å². The molecule has 28 heavy (non-hydrogen) atoms. The van der Waals surface area contributed by atoms with Crippen molar-refractivity contribution >= 4 is 29.1 Å². The number of amides is 1. The molecule has 0 radical (unpaired) electrons. The van der Waals surface area contributed by atoms with Gasteiger partial charge < -0.3 is 25.0 Å². The number of nitrogens with one attached hydrogen (secondary N) is 2. The lowest BCUT2D eigenvalue weighted by Crippen LogP contribution is -2.28. The van der Waals surface area contributed by atoms with E-state index in [1.807, 2.05) is 6.07 Å². The second-order valence-corrected chi connectivity index (χ2v) is 6.62. The predicted molar refractivity (Wildman–Crippen MR) is 104 cm³/mol. The first-order valence-electron chi connectivity index (χ1n) is 8.24. The molecule has 0 bridgehead atoms. The van der Waals surface area contributed by atoms with Gasteiger partial charge in [-0.05, 0) is 31.5 Å². The molecule has 1 heterocycles. The van der Waals surface area contributed by atoms with E-state index in [4.69, 9.17) is 42.8 Å². The summed E-state index contributed by atoms with van der Waals surface area (Å²) in [6.07, 6.45) is 0. The monoisotopic (exact) mass is 430 g/mol. The van der Waals surface area contributed by atoms with E-state index < -0.39 is 5.91 Å². The maximum absolute atomic E-state index is 12.6. The number of rotatable bonds is 8. The number of pyridine rings is 1. The highest BCUT2D eigenvalue weighted by molar-refractivity contribution is 6.38. The van der Waals surface area contributed by atoms with Crippen LogP contribution in [0.2, 0.25) is 10.0 Å². The van der Waals surface area contributed by atoms with Crippen LogP contribution in [0.25, 0.3) is 0 Å². The zero-order valence-electron chi connectivity index (χ0n) is 15.5. The highest BCUT2D eigenvalue weighted by Gasteiger charge is 2.23. The Morgan fingerprint density at radius 1 is 1.25 bits per heavy atom. The second kappa shape index (κ2) is 9.79. The highest BCUT2D eigenvalue weighted by Crippen LogP contribution is 2.43. The van der Waals surface area contributed by atoms with Crippen LogP contribution in [0.5, 0.6) is 11.5 Å². The summed E-state index contributed by atoms with van der Waals surface area (Å²) in [6.45, 7) is 3.15. The molecular formula is C18H20Cl2N2O6. The minimum atomic E-state index is -0.569. The Morgan fingerprint density at radius 2 is 1.96 bits per heavy atom. The third kappa shape index (κ3) is 4.96. The number of hydrogen-bond acceptors (Lipinski definition) is 6.